The largest absolute Gasteiger partial charge is 0.488 e. The third-order valence-corrected chi connectivity index (χ3v) is 2.92. The van der Waals surface area contributed by atoms with E-state index >= 15 is 0 Å². The second kappa shape index (κ2) is 6.83. The Labute approximate surface area is 113 Å². The highest BCUT2D eigenvalue weighted by molar-refractivity contribution is 5.91. The molecule has 2 rings (SSSR count). The first-order valence-corrected chi connectivity index (χ1v) is 6.68. The molecular weight excluding hydrogens is 240 g/mol. The summed E-state index contributed by atoms with van der Waals surface area (Å²) in [6.07, 6.45) is 3.76. The molecule has 102 valence electrons. The highest BCUT2D eigenvalue weighted by Crippen LogP contribution is 2.10. The van der Waals surface area contributed by atoms with E-state index in [1.807, 2.05) is 43.3 Å². The van der Waals surface area contributed by atoms with Crippen LogP contribution in [0.2, 0.25) is 0 Å². The van der Waals surface area contributed by atoms with Crippen molar-refractivity contribution in [2.45, 2.75) is 25.8 Å². The Hall–Kier alpha value is -1.97. The molecule has 1 heterocycles. The van der Waals surface area contributed by atoms with Crippen LogP contribution in [-0.4, -0.2) is 25.1 Å². The van der Waals surface area contributed by atoms with Crippen LogP contribution in [0.3, 0.4) is 0 Å². The van der Waals surface area contributed by atoms with Crippen LogP contribution in [0.4, 0.5) is 5.69 Å². The lowest BCUT2D eigenvalue weighted by Crippen LogP contribution is -2.36. The van der Waals surface area contributed by atoms with Crippen LogP contribution in [0.1, 0.15) is 19.8 Å². The monoisotopic (exact) mass is 260 g/mol. The van der Waals surface area contributed by atoms with Crippen molar-refractivity contribution < 1.29 is 9.53 Å². The van der Waals surface area contributed by atoms with Gasteiger partial charge in [-0.3, -0.25) is 4.79 Å². The molecule has 1 unspecified atom stereocenters. The van der Waals surface area contributed by atoms with Gasteiger partial charge in [-0.25, -0.2) is 0 Å². The normalized spacial score (nSPS) is 15.9. The first-order chi connectivity index (χ1) is 9.25. The predicted molar refractivity (Wildman–Crippen MR) is 75.8 cm³/mol. The van der Waals surface area contributed by atoms with Crippen LogP contribution in [0.5, 0.6) is 0 Å². The number of anilines is 1. The Morgan fingerprint density at radius 1 is 1.37 bits per heavy atom. The molecule has 0 radical (unpaired) electrons. The molecule has 1 aliphatic rings. The van der Waals surface area contributed by atoms with Crippen molar-refractivity contribution in [3.05, 3.63) is 42.2 Å². The number of carbonyl (C=O) groups is 1. The third-order valence-electron chi connectivity index (χ3n) is 2.92. The number of ether oxygens (including phenoxy) is 1. The summed E-state index contributed by atoms with van der Waals surface area (Å²) in [5, 5.41) is 6.20. The Bertz CT molecular complexity index is 443. The zero-order chi connectivity index (χ0) is 13.5. The summed E-state index contributed by atoms with van der Waals surface area (Å²) in [5.41, 5.74) is 1.05. The number of amides is 1. The first kappa shape index (κ1) is 13.5. The van der Waals surface area contributed by atoms with Crippen LogP contribution >= 0.6 is 0 Å². The van der Waals surface area contributed by atoms with Crippen molar-refractivity contribution in [2.24, 2.45) is 0 Å². The van der Waals surface area contributed by atoms with Gasteiger partial charge < -0.3 is 15.4 Å². The molecule has 1 aromatic carbocycles. The van der Waals surface area contributed by atoms with E-state index in [1.165, 1.54) is 0 Å². The number of benzene rings is 1. The number of hydrogen-bond donors (Lipinski definition) is 2. The maximum absolute atomic E-state index is 11.8. The van der Waals surface area contributed by atoms with E-state index in [1.54, 1.807) is 0 Å². The van der Waals surface area contributed by atoms with Gasteiger partial charge in [0.15, 0.2) is 5.76 Å². The third kappa shape index (κ3) is 4.32. The fourth-order valence-electron chi connectivity index (χ4n) is 1.92. The molecule has 0 saturated heterocycles. The fraction of sp³-hybridized carbons (Fsp3) is 0.400. The molecule has 1 aliphatic heterocycles. The number of nitrogens with one attached hydrogen (secondary N) is 2. The highest BCUT2D eigenvalue weighted by atomic mass is 16.5. The van der Waals surface area contributed by atoms with Crippen molar-refractivity contribution in [1.82, 2.24) is 5.32 Å². The standard InChI is InChI=1S/C15H20N2O2/c1-12(17-13-7-3-2-4-8-13)11-16-15(18)14-9-5-6-10-19-14/h2-4,7-9,12,17H,5-6,10-11H2,1H3,(H,16,18). The molecule has 4 nitrogen and oxygen atoms in total. The quantitative estimate of drug-likeness (QED) is 0.854. The Kier molecular flexibility index (Phi) is 4.84. The summed E-state index contributed by atoms with van der Waals surface area (Å²) < 4.78 is 5.32. The minimum Gasteiger partial charge on any atom is -0.488 e. The average Bonchev–Trinajstić information content (AvgIpc) is 2.47. The lowest BCUT2D eigenvalue weighted by molar-refractivity contribution is -0.121. The number of rotatable bonds is 5. The van der Waals surface area contributed by atoms with Crippen LogP contribution in [0.15, 0.2) is 42.2 Å². The summed E-state index contributed by atoms with van der Waals surface area (Å²) in [6.45, 7) is 3.23. The van der Waals surface area contributed by atoms with Crippen LogP contribution in [-0.2, 0) is 9.53 Å². The van der Waals surface area contributed by atoms with Gasteiger partial charge in [0.25, 0.3) is 5.91 Å². The summed E-state index contributed by atoms with van der Waals surface area (Å²) in [6, 6.07) is 10.1. The molecule has 0 bridgehead atoms. The van der Waals surface area contributed by atoms with Gasteiger partial charge in [0, 0.05) is 18.3 Å². The van der Waals surface area contributed by atoms with Gasteiger partial charge >= 0.3 is 0 Å². The van der Waals surface area contributed by atoms with E-state index in [4.69, 9.17) is 4.74 Å². The van der Waals surface area contributed by atoms with Crippen molar-refractivity contribution in [1.29, 1.82) is 0 Å². The average molecular weight is 260 g/mol. The lowest BCUT2D eigenvalue weighted by Gasteiger charge is -2.18. The van der Waals surface area contributed by atoms with Crippen molar-refractivity contribution in [3.8, 4) is 0 Å². The van der Waals surface area contributed by atoms with Gasteiger partial charge in [-0.15, -0.1) is 0 Å². The maximum Gasteiger partial charge on any atom is 0.286 e. The minimum atomic E-state index is -0.124. The molecule has 0 saturated carbocycles. The maximum atomic E-state index is 11.8. The molecule has 0 fully saturated rings. The first-order valence-electron chi connectivity index (χ1n) is 6.68. The summed E-state index contributed by atoms with van der Waals surface area (Å²) >= 11 is 0. The van der Waals surface area contributed by atoms with Gasteiger partial charge in [0.05, 0.1) is 6.61 Å². The molecule has 0 aromatic heterocycles. The van der Waals surface area contributed by atoms with Crippen LogP contribution < -0.4 is 10.6 Å². The van der Waals surface area contributed by atoms with E-state index in [0.29, 0.717) is 18.9 Å². The van der Waals surface area contributed by atoms with E-state index in [0.717, 1.165) is 18.5 Å². The molecule has 19 heavy (non-hydrogen) atoms. The number of allylic oxidation sites excluding steroid dienone is 1. The van der Waals surface area contributed by atoms with Crippen molar-refractivity contribution in [2.75, 3.05) is 18.5 Å². The second-order valence-corrected chi connectivity index (χ2v) is 4.68. The summed E-state index contributed by atoms with van der Waals surface area (Å²) in [4.78, 5) is 11.8. The molecule has 4 heteroatoms. The Morgan fingerprint density at radius 3 is 2.84 bits per heavy atom. The van der Waals surface area contributed by atoms with Crippen molar-refractivity contribution in [3.63, 3.8) is 0 Å². The zero-order valence-electron chi connectivity index (χ0n) is 11.2. The van der Waals surface area contributed by atoms with Crippen molar-refractivity contribution >= 4 is 11.6 Å². The molecule has 2 N–H and O–H groups in total. The summed E-state index contributed by atoms with van der Waals surface area (Å²) in [7, 11) is 0. The lowest BCUT2D eigenvalue weighted by atomic mass is 10.2. The van der Waals surface area contributed by atoms with Crippen LogP contribution in [0.25, 0.3) is 0 Å². The predicted octanol–water partition coefficient (Wildman–Crippen LogP) is 2.30. The molecule has 1 aromatic rings. The Morgan fingerprint density at radius 2 is 2.16 bits per heavy atom. The van der Waals surface area contributed by atoms with Gasteiger partial charge in [0.2, 0.25) is 0 Å². The number of carbonyl (C=O) groups excluding carboxylic acids is 1. The van der Waals surface area contributed by atoms with E-state index < -0.39 is 0 Å². The number of para-hydroxylation sites is 1. The van der Waals surface area contributed by atoms with Crippen LogP contribution in [0, 0.1) is 0 Å². The van der Waals surface area contributed by atoms with Gasteiger partial charge in [-0.05, 0) is 38.0 Å². The smallest absolute Gasteiger partial charge is 0.286 e. The topological polar surface area (TPSA) is 50.4 Å². The SMILES string of the molecule is CC(CNC(=O)C1=CCCCO1)Nc1ccccc1. The molecule has 0 spiro atoms. The zero-order valence-corrected chi connectivity index (χ0v) is 11.2. The fourth-order valence-corrected chi connectivity index (χ4v) is 1.92. The molecule has 0 aliphatic carbocycles. The molecule has 1 atom stereocenters. The van der Waals surface area contributed by atoms with Gasteiger partial charge in [-0.2, -0.15) is 0 Å². The van der Waals surface area contributed by atoms with Gasteiger partial charge in [-0.1, -0.05) is 18.2 Å². The highest BCUT2D eigenvalue weighted by Gasteiger charge is 2.14. The van der Waals surface area contributed by atoms with E-state index in [9.17, 15) is 4.79 Å². The second-order valence-electron chi connectivity index (χ2n) is 4.68. The minimum absolute atomic E-state index is 0.124. The Balaban J connectivity index is 1.75. The van der Waals surface area contributed by atoms with E-state index in [-0.39, 0.29) is 11.9 Å². The van der Waals surface area contributed by atoms with Gasteiger partial charge in [0.1, 0.15) is 0 Å². The summed E-state index contributed by atoms with van der Waals surface area (Å²) in [5.74, 6) is 0.333. The number of hydrogen-bond acceptors (Lipinski definition) is 3. The van der Waals surface area contributed by atoms with E-state index in [2.05, 4.69) is 10.6 Å². The molecular formula is C15H20N2O2. The molecule has 1 amide bonds.